The van der Waals surface area contributed by atoms with E-state index in [4.69, 9.17) is 0 Å². The van der Waals surface area contributed by atoms with Crippen LogP contribution >= 0.6 is 9.43 Å². The summed E-state index contributed by atoms with van der Waals surface area (Å²) in [5.74, 6) is 0. The molecule has 0 aliphatic carbocycles. The maximum Gasteiger partial charge on any atom is 0.144 e. The maximum atomic E-state index is 2.57. The second-order valence-electron chi connectivity index (χ2n) is 4.00. The molecule has 0 bridgehead atoms. The molecule has 1 aliphatic heterocycles. The van der Waals surface area contributed by atoms with Gasteiger partial charge < -0.3 is 9.43 Å². The van der Waals surface area contributed by atoms with Crippen LogP contribution < -0.4 is 0 Å². The minimum atomic E-state index is -0.0760. The van der Waals surface area contributed by atoms with Gasteiger partial charge in [-0.2, -0.15) is 0 Å². The van der Waals surface area contributed by atoms with E-state index in [1.165, 1.54) is 31.8 Å². The van der Waals surface area contributed by atoms with E-state index in [1.807, 2.05) is 0 Å². The van der Waals surface area contributed by atoms with Crippen molar-refractivity contribution in [1.29, 1.82) is 0 Å². The van der Waals surface area contributed by atoms with E-state index in [1.54, 1.807) is 19.7 Å². The van der Waals surface area contributed by atoms with Crippen molar-refractivity contribution in [3.8, 4) is 0 Å². The molecule has 1 fully saturated rings. The molecule has 0 aromatic heterocycles. The minimum Gasteiger partial charge on any atom is -0.377 e. The largest absolute Gasteiger partial charge is 0.377 e. The van der Waals surface area contributed by atoms with Crippen LogP contribution in [-0.4, -0.2) is 26.8 Å². The lowest BCUT2D eigenvalue weighted by Crippen LogP contribution is -2.13. The van der Waals surface area contributed by atoms with E-state index in [2.05, 4.69) is 14.0 Å². The van der Waals surface area contributed by atoms with Crippen LogP contribution in [-0.2, 0) is 0 Å². The Morgan fingerprint density at radius 2 is 2.09 bits per heavy atom. The van der Waals surface area contributed by atoms with Crippen LogP contribution in [0.3, 0.4) is 0 Å². The minimum absolute atomic E-state index is 0.0760. The van der Waals surface area contributed by atoms with E-state index < -0.39 is 0 Å². The zero-order valence-corrected chi connectivity index (χ0v) is 8.88. The molecule has 0 aromatic rings. The molecule has 0 aromatic carbocycles. The van der Waals surface area contributed by atoms with Crippen molar-refractivity contribution in [3.05, 3.63) is 0 Å². The number of unbranched alkanes of at least 4 members (excludes halogenated alkanes) is 1. The molecule has 0 unspecified atom stereocenters. The zero-order valence-electron chi connectivity index (χ0n) is 8.07. The third kappa shape index (κ3) is 3.23. The third-order valence-electron chi connectivity index (χ3n) is 2.76. The van der Waals surface area contributed by atoms with Gasteiger partial charge in [0.1, 0.15) is 26.8 Å². The van der Waals surface area contributed by atoms with Crippen molar-refractivity contribution in [3.63, 3.8) is 0 Å². The predicted octanol–water partition coefficient (Wildman–Crippen LogP) is 0.462. The highest BCUT2D eigenvalue weighted by Crippen LogP contribution is 2.45. The SMILES string of the molecule is BS1(BCCCC)BCCB1. The first kappa shape index (κ1) is 9.70. The first-order valence-corrected chi connectivity index (χ1v) is 7.53. The summed E-state index contributed by atoms with van der Waals surface area (Å²) >= 11 is 0. The molecule has 0 atom stereocenters. The standard InChI is InChI=1S/C6H18B4S/c1-2-3-4-8-11(7)9-5-6-10-11/h8-10H,2-7H2,1H3. The van der Waals surface area contributed by atoms with Crippen LogP contribution in [0.1, 0.15) is 19.8 Å². The zero-order chi connectivity index (χ0) is 8.16. The molecule has 1 rings (SSSR count). The van der Waals surface area contributed by atoms with Crippen molar-refractivity contribution >= 4 is 36.2 Å². The van der Waals surface area contributed by atoms with Crippen LogP contribution in [0.4, 0.5) is 0 Å². The van der Waals surface area contributed by atoms with Gasteiger partial charge in [0.05, 0.1) is 0 Å². The normalized spacial score (nSPS) is 23.4. The van der Waals surface area contributed by atoms with Gasteiger partial charge in [0, 0.05) is 0 Å². The van der Waals surface area contributed by atoms with Crippen molar-refractivity contribution in [2.45, 2.75) is 38.7 Å². The quantitative estimate of drug-likeness (QED) is 0.420. The summed E-state index contributed by atoms with van der Waals surface area (Å²) < 4.78 is 0. The molecule has 1 heterocycles. The molecule has 5 heteroatoms. The lowest BCUT2D eigenvalue weighted by Gasteiger charge is -2.29. The van der Waals surface area contributed by atoms with Gasteiger partial charge in [0.25, 0.3) is 0 Å². The Labute approximate surface area is 75.3 Å². The highest BCUT2D eigenvalue weighted by atomic mass is 32.3. The molecule has 0 N–H and O–H groups in total. The molecular weight excluding hydrogens is 147 g/mol. The Balaban J connectivity index is 2.13. The lowest BCUT2D eigenvalue weighted by atomic mass is 9.91. The average Bonchev–Trinajstić information content (AvgIpc) is 2.38. The monoisotopic (exact) mass is 166 g/mol. The second-order valence-corrected chi connectivity index (χ2v) is 8.19. The molecule has 1 aliphatic rings. The summed E-state index contributed by atoms with van der Waals surface area (Å²) in [5, 5.41) is 0. The van der Waals surface area contributed by atoms with Gasteiger partial charge in [-0.25, -0.2) is 0 Å². The van der Waals surface area contributed by atoms with Crippen LogP contribution in [0.25, 0.3) is 0 Å². The fourth-order valence-corrected chi connectivity index (χ4v) is 5.22. The summed E-state index contributed by atoms with van der Waals surface area (Å²) in [6.45, 7) is 7.03. The Kier molecular flexibility index (Phi) is 4.05. The summed E-state index contributed by atoms with van der Waals surface area (Å²) in [6.07, 6.45) is 7.40. The van der Waals surface area contributed by atoms with Gasteiger partial charge in [0.2, 0.25) is 0 Å². The first-order valence-electron chi connectivity index (χ1n) is 4.98. The summed E-state index contributed by atoms with van der Waals surface area (Å²) in [6, 6.07) is 0. The number of hydrogen-bond donors (Lipinski definition) is 0. The second kappa shape index (κ2) is 4.59. The van der Waals surface area contributed by atoms with Gasteiger partial charge in [-0.3, -0.25) is 0 Å². The van der Waals surface area contributed by atoms with E-state index >= 15 is 0 Å². The fraction of sp³-hybridized carbons (Fsp3) is 1.00. The predicted molar refractivity (Wildman–Crippen MR) is 66.9 cm³/mol. The molecule has 0 amide bonds. The number of rotatable bonds is 4. The lowest BCUT2D eigenvalue weighted by molar-refractivity contribution is 0.882. The van der Waals surface area contributed by atoms with Gasteiger partial charge >= 0.3 is 0 Å². The molecule has 11 heavy (non-hydrogen) atoms. The van der Waals surface area contributed by atoms with E-state index in [9.17, 15) is 0 Å². The number of hydrogen-bond acceptors (Lipinski definition) is 0. The Hall–Kier alpha value is 0.610. The van der Waals surface area contributed by atoms with Crippen molar-refractivity contribution in [2.24, 2.45) is 0 Å². The summed E-state index contributed by atoms with van der Waals surface area (Å²) in [4.78, 5) is 0. The van der Waals surface area contributed by atoms with E-state index in [0.29, 0.717) is 0 Å². The molecule has 0 radical (unpaired) electrons. The van der Waals surface area contributed by atoms with Gasteiger partial charge in [-0.1, -0.05) is 38.7 Å². The smallest absolute Gasteiger partial charge is 0.144 e. The van der Waals surface area contributed by atoms with Crippen LogP contribution in [0, 0.1) is 0 Å². The van der Waals surface area contributed by atoms with Gasteiger partial charge in [0.15, 0.2) is 0 Å². The average molecular weight is 166 g/mol. The van der Waals surface area contributed by atoms with Crippen LogP contribution in [0.2, 0.25) is 19.0 Å². The molecular formula is C6H18B4S. The van der Waals surface area contributed by atoms with Crippen molar-refractivity contribution in [1.82, 2.24) is 0 Å². The summed E-state index contributed by atoms with van der Waals surface area (Å²) in [7, 11) is 2.49. The van der Waals surface area contributed by atoms with E-state index in [0.717, 1.165) is 0 Å². The molecule has 60 valence electrons. The molecule has 1 saturated heterocycles. The van der Waals surface area contributed by atoms with Gasteiger partial charge in [-0.15, -0.1) is 0 Å². The van der Waals surface area contributed by atoms with Gasteiger partial charge in [-0.05, 0) is 0 Å². The van der Waals surface area contributed by atoms with Crippen LogP contribution in [0.15, 0.2) is 0 Å². The summed E-state index contributed by atoms with van der Waals surface area (Å²) in [5.41, 5.74) is 0. The van der Waals surface area contributed by atoms with Crippen LogP contribution in [0.5, 0.6) is 0 Å². The Morgan fingerprint density at radius 1 is 1.45 bits per heavy atom. The highest BCUT2D eigenvalue weighted by Gasteiger charge is 2.25. The van der Waals surface area contributed by atoms with Crippen molar-refractivity contribution in [2.75, 3.05) is 0 Å². The Morgan fingerprint density at radius 3 is 2.64 bits per heavy atom. The van der Waals surface area contributed by atoms with E-state index in [-0.39, 0.29) is 9.43 Å². The molecule has 0 spiro atoms. The maximum absolute atomic E-state index is 2.57. The topological polar surface area (TPSA) is 0 Å². The fourth-order valence-electron chi connectivity index (χ4n) is 1.91. The third-order valence-corrected chi connectivity index (χ3v) is 6.59. The van der Waals surface area contributed by atoms with Crippen molar-refractivity contribution < 1.29 is 0 Å². The highest BCUT2D eigenvalue weighted by molar-refractivity contribution is 8.92. The first-order chi connectivity index (χ1) is 5.27. The molecule has 0 saturated carbocycles. The molecule has 0 nitrogen and oxygen atoms in total. The Bertz CT molecular complexity index is 113.